The number of benzene rings is 3. The number of piperidine rings is 3. The summed E-state index contributed by atoms with van der Waals surface area (Å²) < 4.78 is 12.2. The highest BCUT2D eigenvalue weighted by Gasteiger charge is 2.37. The van der Waals surface area contributed by atoms with E-state index in [1.807, 2.05) is 36.4 Å². The van der Waals surface area contributed by atoms with Crippen molar-refractivity contribution >= 4 is 17.0 Å². The van der Waals surface area contributed by atoms with Gasteiger partial charge >= 0.3 is 6.09 Å². The van der Waals surface area contributed by atoms with Crippen molar-refractivity contribution in [1.29, 1.82) is 0 Å². The van der Waals surface area contributed by atoms with E-state index in [1.54, 1.807) is 12.1 Å². The molecule has 0 radical (unpaired) electrons. The second-order valence-electron chi connectivity index (χ2n) is 14.5. The molecule has 3 aromatic carbocycles. The van der Waals surface area contributed by atoms with E-state index in [2.05, 4.69) is 39.6 Å². The average Bonchev–Trinajstić information content (AvgIpc) is 3.15. The largest absolute Gasteiger partial charge is 0.506 e. The van der Waals surface area contributed by atoms with Gasteiger partial charge in [-0.15, -0.1) is 0 Å². The fraction of sp³-hybridized carbons (Fsp3) is 0.476. The lowest BCUT2D eigenvalue weighted by molar-refractivity contribution is -0.0336. The Bertz CT molecular complexity index is 1820. The van der Waals surface area contributed by atoms with Gasteiger partial charge in [0.15, 0.2) is 0 Å². The van der Waals surface area contributed by atoms with Gasteiger partial charge in [0.1, 0.15) is 17.6 Å². The molecule has 0 spiro atoms. The number of nitrogens with one attached hydrogen (secondary N) is 3. The summed E-state index contributed by atoms with van der Waals surface area (Å²) in [7, 11) is 0. The van der Waals surface area contributed by atoms with Crippen molar-refractivity contribution in [3.8, 4) is 11.5 Å². The summed E-state index contributed by atoms with van der Waals surface area (Å²) in [6.45, 7) is 6.96. The van der Waals surface area contributed by atoms with E-state index < -0.39 is 6.10 Å². The van der Waals surface area contributed by atoms with E-state index in [0.717, 1.165) is 93.6 Å². The van der Waals surface area contributed by atoms with Crippen LogP contribution in [0.1, 0.15) is 92.2 Å². The normalized spacial score (nSPS) is 19.3. The zero-order chi connectivity index (χ0) is 36.3. The minimum absolute atomic E-state index is 0.00885. The molecule has 52 heavy (non-hydrogen) atoms. The first kappa shape index (κ1) is 37.4. The maximum absolute atomic E-state index is 13.2. The summed E-state index contributed by atoms with van der Waals surface area (Å²) in [5.41, 5.74) is 3.84. The number of aromatic hydroxyl groups is 1. The summed E-state index contributed by atoms with van der Waals surface area (Å²) >= 11 is 0. The molecule has 3 fully saturated rings. The summed E-state index contributed by atoms with van der Waals surface area (Å²) in [5, 5.41) is 27.9. The van der Waals surface area contributed by atoms with Crippen molar-refractivity contribution in [1.82, 2.24) is 20.5 Å². The van der Waals surface area contributed by atoms with Crippen LogP contribution < -0.4 is 20.9 Å². The molecule has 7 rings (SSSR count). The number of nitrogens with zero attached hydrogens (tertiary/aromatic N) is 1. The number of pyridine rings is 1. The zero-order valence-electron chi connectivity index (χ0n) is 30.3. The summed E-state index contributed by atoms with van der Waals surface area (Å²) in [6.07, 6.45) is 8.78. The number of ether oxygens (including phenoxy) is 2. The second kappa shape index (κ2) is 18.4. The highest BCUT2D eigenvalue weighted by atomic mass is 16.6. The van der Waals surface area contributed by atoms with Gasteiger partial charge in [0.05, 0.1) is 24.3 Å². The summed E-state index contributed by atoms with van der Waals surface area (Å²) in [4.78, 5) is 29.9. The number of carbonyl (C=O) groups excluding carboxylic acids is 1. The summed E-state index contributed by atoms with van der Waals surface area (Å²) in [6, 6.07) is 22.2. The van der Waals surface area contributed by atoms with E-state index in [1.165, 1.54) is 25.0 Å². The van der Waals surface area contributed by atoms with E-state index >= 15 is 0 Å². The third-order valence-corrected chi connectivity index (χ3v) is 10.6. The predicted octanol–water partition coefficient (Wildman–Crippen LogP) is 6.88. The van der Waals surface area contributed by atoms with Crippen molar-refractivity contribution in [3.05, 3.63) is 105 Å². The van der Waals surface area contributed by atoms with Crippen LogP contribution in [0.3, 0.4) is 0 Å². The number of phenolic OH excluding ortho intramolecular Hbond substituents is 1. The molecule has 0 saturated carbocycles. The third-order valence-electron chi connectivity index (χ3n) is 10.6. The number of phenols is 1. The van der Waals surface area contributed by atoms with Gasteiger partial charge in [-0.05, 0) is 99.1 Å². The molecule has 4 heterocycles. The highest BCUT2D eigenvalue weighted by Crippen LogP contribution is 2.31. The molecule has 3 aliphatic rings. The molecule has 3 unspecified atom stereocenters. The minimum Gasteiger partial charge on any atom is -0.506 e. The van der Waals surface area contributed by atoms with Crippen LogP contribution in [0.4, 0.5) is 4.79 Å². The first-order chi connectivity index (χ1) is 25.3. The SMILES string of the molecule is Cc1cccc(C(NC(=O)OC2CN3CCC2CC3)c2cccc(OCCCCCCCCCNCC(O)c3ccc(O)c4[nH]c(=O)ccc34)c2)c1. The number of carbonyl (C=O) groups is 1. The maximum atomic E-state index is 13.2. The van der Waals surface area contributed by atoms with Crippen LogP contribution in [0, 0.1) is 12.8 Å². The van der Waals surface area contributed by atoms with E-state index in [9.17, 15) is 19.8 Å². The number of aromatic amines is 1. The molecule has 0 aliphatic carbocycles. The van der Waals surface area contributed by atoms with E-state index in [4.69, 9.17) is 9.47 Å². The van der Waals surface area contributed by atoms with Crippen molar-refractivity contribution in [2.75, 3.05) is 39.3 Å². The van der Waals surface area contributed by atoms with Crippen LogP contribution in [0.25, 0.3) is 10.9 Å². The first-order valence-corrected chi connectivity index (χ1v) is 19.1. The van der Waals surface area contributed by atoms with Crippen molar-refractivity contribution in [2.45, 2.75) is 83.0 Å². The smallest absolute Gasteiger partial charge is 0.408 e. The fourth-order valence-electron chi connectivity index (χ4n) is 7.65. The van der Waals surface area contributed by atoms with Crippen LogP contribution in [0.15, 0.2) is 77.6 Å². The standard InChI is InChI=1S/C42H54N4O6/c1-29-11-9-12-31(25-29)40(45-42(50)52-38-28-46-22-19-30(38)20-23-46)32-13-10-14-33(26-32)51-24-8-6-4-2-3-5-7-21-43-27-37(48)34-15-17-36(47)41-35(34)16-18-39(49)44-41/h9-18,25-26,30,37-38,40,43,47-48H,2-8,19-24,27-28H2,1H3,(H,44,49)(H,45,50). The highest BCUT2D eigenvalue weighted by molar-refractivity contribution is 5.87. The Morgan fingerprint density at radius 2 is 1.65 bits per heavy atom. The van der Waals surface area contributed by atoms with Gasteiger partial charge in [0.25, 0.3) is 0 Å². The molecular formula is C42H54N4O6. The molecule has 3 atom stereocenters. The number of aliphatic hydroxyl groups excluding tert-OH is 1. The lowest BCUT2D eigenvalue weighted by atomic mass is 9.86. The first-order valence-electron chi connectivity index (χ1n) is 19.1. The van der Waals surface area contributed by atoms with Crippen molar-refractivity contribution in [3.63, 3.8) is 0 Å². The molecular weight excluding hydrogens is 656 g/mol. The number of hydrogen-bond acceptors (Lipinski definition) is 8. The van der Waals surface area contributed by atoms with Crippen LogP contribution in [0.2, 0.25) is 0 Å². The molecule has 1 aromatic heterocycles. The molecule has 10 nitrogen and oxygen atoms in total. The Morgan fingerprint density at radius 1 is 0.923 bits per heavy atom. The van der Waals surface area contributed by atoms with Crippen molar-refractivity contribution < 1.29 is 24.5 Å². The van der Waals surface area contributed by atoms with Gasteiger partial charge in [-0.25, -0.2) is 4.79 Å². The number of alkyl carbamates (subject to hydrolysis) is 1. The average molecular weight is 711 g/mol. The van der Waals surface area contributed by atoms with E-state index in [-0.39, 0.29) is 29.5 Å². The number of hydrogen-bond donors (Lipinski definition) is 5. The maximum Gasteiger partial charge on any atom is 0.408 e. The van der Waals surface area contributed by atoms with Crippen LogP contribution in [0.5, 0.6) is 11.5 Å². The molecule has 4 aromatic rings. The number of H-pyrrole nitrogens is 1. The second-order valence-corrected chi connectivity index (χ2v) is 14.5. The Labute approximate surface area is 306 Å². The fourth-order valence-corrected chi connectivity index (χ4v) is 7.65. The molecule has 3 aliphatic heterocycles. The Balaban J connectivity index is 0.873. The number of fused-ring (bicyclic) bond motifs is 4. The molecule has 3 saturated heterocycles. The molecule has 278 valence electrons. The summed E-state index contributed by atoms with van der Waals surface area (Å²) in [5.74, 6) is 1.25. The Kier molecular flexibility index (Phi) is 13.2. The van der Waals surface area contributed by atoms with Gasteiger partial charge in [0, 0.05) is 24.5 Å². The van der Waals surface area contributed by atoms with Crippen LogP contribution in [-0.4, -0.2) is 71.6 Å². The molecule has 1 amide bonds. The number of aliphatic hydroxyl groups is 1. The van der Waals surface area contributed by atoms with E-state index in [0.29, 0.717) is 35.5 Å². The number of aryl methyl sites for hydroxylation is 1. The Morgan fingerprint density at radius 3 is 2.40 bits per heavy atom. The molecule has 5 N–H and O–H groups in total. The van der Waals surface area contributed by atoms with Gasteiger partial charge in [-0.3, -0.25) is 9.69 Å². The minimum atomic E-state index is -0.742. The third kappa shape index (κ3) is 10.1. The van der Waals surface area contributed by atoms with Gasteiger partial charge in [0.2, 0.25) is 5.56 Å². The molecule has 10 heteroatoms. The van der Waals surface area contributed by atoms with Gasteiger partial charge in [-0.1, -0.05) is 80.1 Å². The number of unbranched alkanes of at least 4 members (excludes halogenated alkanes) is 6. The molecule has 2 bridgehead atoms. The van der Waals surface area contributed by atoms with Crippen LogP contribution in [-0.2, 0) is 4.74 Å². The van der Waals surface area contributed by atoms with Crippen molar-refractivity contribution in [2.24, 2.45) is 5.92 Å². The van der Waals surface area contributed by atoms with Gasteiger partial charge in [-0.2, -0.15) is 0 Å². The quantitative estimate of drug-likeness (QED) is 0.0706. The Hall–Kier alpha value is -4.38. The topological polar surface area (TPSA) is 136 Å². The predicted molar refractivity (Wildman–Crippen MR) is 204 cm³/mol. The monoisotopic (exact) mass is 710 g/mol. The zero-order valence-corrected chi connectivity index (χ0v) is 30.3. The lowest BCUT2D eigenvalue weighted by Gasteiger charge is -2.43. The lowest BCUT2D eigenvalue weighted by Crippen LogP contribution is -2.52. The number of aromatic nitrogens is 1. The number of amides is 1. The van der Waals surface area contributed by atoms with Crippen LogP contribution >= 0.6 is 0 Å². The van der Waals surface area contributed by atoms with Gasteiger partial charge < -0.3 is 35.3 Å². The number of rotatable bonds is 18.